The van der Waals surface area contributed by atoms with E-state index >= 15 is 0 Å². The Morgan fingerprint density at radius 1 is 1.29 bits per heavy atom. The van der Waals surface area contributed by atoms with Crippen LogP contribution in [-0.4, -0.2) is 23.0 Å². The van der Waals surface area contributed by atoms with E-state index in [1.54, 1.807) is 16.8 Å². The van der Waals surface area contributed by atoms with Crippen LogP contribution in [0.2, 0.25) is 0 Å². The summed E-state index contributed by atoms with van der Waals surface area (Å²) in [6.45, 7) is -2.08. The maximum atomic E-state index is 12.2. The quantitative estimate of drug-likeness (QED) is 0.859. The summed E-state index contributed by atoms with van der Waals surface area (Å²) in [5, 5.41) is 4.47. The predicted octanol–water partition coefficient (Wildman–Crippen LogP) is 3.85. The summed E-state index contributed by atoms with van der Waals surface area (Å²) in [5.74, 6) is 0.131. The van der Waals surface area contributed by atoms with Gasteiger partial charge >= 0.3 is 6.61 Å². The number of benzene rings is 1. The average molecular weight is 294 g/mol. The second kappa shape index (κ2) is 6.22. The molecule has 1 aromatic heterocycles. The number of nitrogens with zero attached hydrogens (tertiary/aromatic N) is 2. The molecule has 4 nitrogen and oxygen atoms in total. The molecule has 0 radical (unpaired) electrons. The zero-order chi connectivity index (χ0) is 14.7. The van der Waals surface area contributed by atoms with Crippen molar-refractivity contribution in [2.45, 2.75) is 32.1 Å². The van der Waals surface area contributed by atoms with Crippen molar-refractivity contribution in [3.8, 4) is 17.0 Å². The summed E-state index contributed by atoms with van der Waals surface area (Å²) in [6.07, 6.45) is 4.96. The summed E-state index contributed by atoms with van der Waals surface area (Å²) >= 11 is 0. The molecule has 1 unspecified atom stereocenters. The van der Waals surface area contributed by atoms with Crippen molar-refractivity contribution in [1.29, 1.82) is 0 Å². The molecule has 6 heteroatoms. The number of ether oxygens (including phenoxy) is 2. The third-order valence-electron chi connectivity index (χ3n) is 3.41. The zero-order valence-corrected chi connectivity index (χ0v) is 11.4. The molecule has 21 heavy (non-hydrogen) atoms. The van der Waals surface area contributed by atoms with Gasteiger partial charge in [-0.2, -0.15) is 13.9 Å². The molecule has 2 heterocycles. The molecule has 0 bridgehead atoms. The van der Waals surface area contributed by atoms with Crippen LogP contribution in [0.25, 0.3) is 11.3 Å². The van der Waals surface area contributed by atoms with E-state index in [1.165, 1.54) is 6.07 Å². The lowest BCUT2D eigenvalue weighted by atomic mass is 10.1. The molecule has 0 N–H and O–H groups in total. The second-order valence-corrected chi connectivity index (χ2v) is 4.91. The van der Waals surface area contributed by atoms with Gasteiger partial charge in [0.25, 0.3) is 0 Å². The molecular weight excluding hydrogens is 278 g/mol. The molecule has 2 aromatic rings. The van der Waals surface area contributed by atoms with E-state index in [0.29, 0.717) is 5.69 Å². The molecule has 1 saturated heterocycles. The molecule has 0 aliphatic carbocycles. The Kier molecular flexibility index (Phi) is 4.15. The van der Waals surface area contributed by atoms with Crippen molar-refractivity contribution < 1.29 is 18.3 Å². The van der Waals surface area contributed by atoms with E-state index in [2.05, 4.69) is 9.84 Å². The fourth-order valence-electron chi connectivity index (χ4n) is 2.42. The summed E-state index contributed by atoms with van der Waals surface area (Å²) in [4.78, 5) is 0. The molecule has 1 aromatic carbocycles. The molecule has 1 atom stereocenters. The third kappa shape index (κ3) is 3.39. The largest absolute Gasteiger partial charge is 0.435 e. The van der Waals surface area contributed by atoms with Crippen LogP contribution in [0.15, 0.2) is 36.5 Å². The smallest absolute Gasteiger partial charge is 0.387 e. The molecular formula is C15H16F2N2O2. The third-order valence-corrected chi connectivity index (χ3v) is 3.41. The van der Waals surface area contributed by atoms with Crippen LogP contribution in [0, 0.1) is 0 Å². The summed E-state index contributed by atoms with van der Waals surface area (Å²) in [7, 11) is 0. The Hall–Kier alpha value is -1.95. The van der Waals surface area contributed by atoms with Crippen LogP contribution in [-0.2, 0) is 4.74 Å². The molecule has 1 fully saturated rings. The van der Waals surface area contributed by atoms with Crippen LogP contribution in [0.1, 0.15) is 25.5 Å². The minimum absolute atomic E-state index is 0.0343. The first-order valence-corrected chi connectivity index (χ1v) is 6.94. The maximum absolute atomic E-state index is 12.2. The highest BCUT2D eigenvalue weighted by Crippen LogP contribution is 2.26. The van der Waals surface area contributed by atoms with Gasteiger partial charge in [0.15, 0.2) is 0 Å². The van der Waals surface area contributed by atoms with Crippen LogP contribution in [0.4, 0.5) is 8.78 Å². The Morgan fingerprint density at radius 2 is 2.19 bits per heavy atom. The van der Waals surface area contributed by atoms with Gasteiger partial charge in [-0.05, 0) is 37.5 Å². The minimum Gasteiger partial charge on any atom is -0.435 e. The van der Waals surface area contributed by atoms with Crippen LogP contribution >= 0.6 is 0 Å². The molecule has 1 aliphatic heterocycles. The van der Waals surface area contributed by atoms with Gasteiger partial charge < -0.3 is 9.47 Å². The Balaban J connectivity index is 1.79. The highest BCUT2D eigenvalue weighted by Gasteiger charge is 2.17. The van der Waals surface area contributed by atoms with Gasteiger partial charge in [-0.15, -0.1) is 0 Å². The molecule has 0 amide bonds. The van der Waals surface area contributed by atoms with E-state index < -0.39 is 6.61 Å². The Labute approximate surface area is 121 Å². The van der Waals surface area contributed by atoms with Gasteiger partial charge in [0.05, 0.1) is 5.69 Å². The highest BCUT2D eigenvalue weighted by molar-refractivity contribution is 5.60. The van der Waals surface area contributed by atoms with Crippen LogP contribution in [0.3, 0.4) is 0 Å². The van der Waals surface area contributed by atoms with Gasteiger partial charge in [-0.1, -0.05) is 12.1 Å². The lowest BCUT2D eigenvalue weighted by Gasteiger charge is -2.22. The lowest BCUT2D eigenvalue weighted by Crippen LogP contribution is -2.18. The number of halogens is 2. The first-order valence-electron chi connectivity index (χ1n) is 6.94. The van der Waals surface area contributed by atoms with E-state index in [9.17, 15) is 8.78 Å². The van der Waals surface area contributed by atoms with Crippen molar-refractivity contribution in [1.82, 2.24) is 9.78 Å². The standard InChI is InChI=1S/C15H16F2N2O2/c16-15(17)21-12-5-3-4-11(10-12)13-7-8-19(18-13)14-6-1-2-9-20-14/h3-5,7-8,10,14-15H,1-2,6,9H2. The van der Waals surface area contributed by atoms with Crippen LogP contribution < -0.4 is 4.74 Å². The number of aromatic nitrogens is 2. The molecule has 0 saturated carbocycles. The summed E-state index contributed by atoms with van der Waals surface area (Å²) in [5.41, 5.74) is 1.45. The number of hydrogen-bond donors (Lipinski definition) is 0. The number of hydrogen-bond acceptors (Lipinski definition) is 3. The average Bonchev–Trinajstić information content (AvgIpc) is 2.98. The summed E-state index contributed by atoms with van der Waals surface area (Å²) < 4.78 is 36.3. The van der Waals surface area contributed by atoms with Gasteiger partial charge in [-0.25, -0.2) is 4.68 Å². The first kappa shape index (κ1) is 14.0. The first-order chi connectivity index (χ1) is 10.2. The van der Waals surface area contributed by atoms with Gasteiger partial charge in [0.2, 0.25) is 0 Å². The number of rotatable bonds is 4. The molecule has 0 spiro atoms. The predicted molar refractivity (Wildman–Crippen MR) is 73.1 cm³/mol. The van der Waals surface area contributed by atoms with E-state index in [0.717, 1.165) is 31.4 Å². The van der Waals surface area contributed by atoms with Gasteiger partial charge in [0.1, 0.15) is 12.0 Å². The maximum Gasteiger partial charge on any atom is 0.387 e. The normalized spacial score (nSPS) is 18.9. The minimum atomic E-state index is -2.83. The van der Waals surface area contributed by atoms with Gasteiger partial charge in [0, 0.05) is 18.4 Å². The van der Waals surface area contributed by atoms with Crippen molar-refractivity contribution in [2.24, 2.45) is 0 Å². The molecule has 112 valence electrons. The fourth-order valence-corrected chi connectivity index (χ4v) is 2.42. The fraction of sp³-hybridized carbons (Fsp3) is 0.400. The highest BCUT2D eigenvalue weighted by atomic mass is 19.3. The topological polar surface area (TPSA) is 36.3 Å². The number of alkyl halides is 2. The lowest BCUT2D eigenvalue weighted by molar-refractivity contribution is -0.0498. The summed E-state index contributed by atoms with van der Waals surface area (Å²) in [6, 6.07) is 8.38. The Morgan fingerprint density at radius 3 is 2.95 bits per heavy atom. The van der Waals surface area contributed by atoms with E-state index in [-0.39, 0.29) is 12.0 Å². The van der Waals surface area contributed by atoms with Crippen molar-refractivity contribution in [3.63, 3.8) is 0 Å². The van der Waals surface area contributed by atoms with Crippen molar-refractivity contribution in [2.75, 3.05) is 6.61 Å². The SMILES string of the molecule is FC(F)Oc1cccc(-c2ccn(C3CCCCO3)n2)c1. The second-order valence-electron chi connectivity index (χ2n) is 4.91. The zero-order valence-electron chi connectivity index (χ0n) is 11.4. The van der Waals surface area contributed by atoms with Crippen molar-refractivity contribution in [3.05, 3.63) is 36.5 Å². The van der Waals surface area contributed by atoms with E-state index in [4.69, 9.17) is 4.74 Å². The van der Waals surface area contributed by atoms with Crippen LogP contribution in [0.5, 0.6) is 5.75 Å². The Bertz CT molecular complexity index is 595. The van der Waals surface area contributed by atoms with Crippen molar-refractivity contribution >= 4 is 0 Å². The van der Waals surface area contributed by atoms with E-state index in [1.807, 2.05) is 18.3 Å². The van der Waals surface area contributed by atoms with Gasteiger partial charge in [-0.3, -0.25) is 0 Å². The molecule has 1 aliphatic rings. The molecule has 3 rings (SSSR count). The monoisotopic (exact) mass is 294 g/mol.